The van der Waals surface area contributed by atoms with E-state index >= 15 is 0 Å². The average Bonchev–Trinajstić information content (AvgIpc) is 2.72. The summed E-state index contributed by atoms with van der Waals surface area (Å²) in [4.78, 5) is 0. The minimum atomic E-state index is 0.855. The zero-order chi connectivity index (χ0) is 14.5. The summed E-state index contributed by atoms with van der Waals surface area (Å²) in [5, 5.41) is 8.10. The van der Waals surface area contributed by atoms with Crippen LogP contribution in [0.25, 0.3) is 0 Å². The highest BCUT2D eigenvalue weighted by Gasteiger charge is 2.11. The van der Waals surface area contributed by atoms with Crippen molar-refractivity contribution in [2.24, 2.45) is 0 Å². The van der Waals surface area contributed by atoms with Gasteiger partial charge in [-0.1, -0.05) is 38.1 Å². The topological polar surface area (TPSA) is 29.9 Å². The number of nitrogens with zero attached hydrogens (tertiary/aromatic N) is 2. The van der Waals surface area contributed by atoms with Crippen LogP contribution >= 0.6 is 0 Å². The predicted octanol–water partition coefficient (Wildman–Crippen LogP) is 3.22. The van der Waals surface area contributed by atoms with Crippen molar-refractivity contribution in [3.8, 4) is 0 Å². The molecule has 0 spiro atoms. The van der Waals surface area contributed by atoms with E-state index in [1.807, 2.05) is 0 Å². The van der Waals surface area contributed by atoms with E-state index in [9.17, 15) is 0 Å². The molecule has 0 saturated heterocycles. The SMILES string of the molecule is CCNCc1ccccc1Cn1nc(C)c(CC)c1C. The summed E-state index contributed by atoms with van der Waals surface area (Å²) in [7, 11) is 0. The summed E-state index contributed by atoms with van der Waals surface area (Å²) in [5.74, 6) is 0. The molecule has 0 atom stereocenters. The quantitative estimate of drug-likeness (QED) is 0.874. The summed E-state index contributed by atoms with van der Waals surface area (Å²) in [6, 6.07) is 8.62. The normalized spacial score (nSPS) is 11.0. The zero-order valence-corrected chi connectivity index (χ0v) is 13.0. The first kappa shape index (κ1) is 14.8. The number of rotatable bonds is 6. The maximum absolute atomic E-state index is 4.69. The van der Waals surface area contributed by atoms with Gasteiger partial charge >= 0.3 is 0 Å². The molecule has 20 heavy (non-hydrogen) atoms. The van der Waals surface area contributed by atoms with Crippen molar-refractivity contribution in [1.82, 2.24) is 15.1 Å². The van der Waals surface area contributed by atoms with Gasteiger partial charge in [0.25, 0.3) is 0 Å². The molecule has 1 aromatic heterocycles. The Kier molecular flexibility index (Phi) is 4.96. The van der Waals surface area contributed by atoms with Crippen molar-refractivity contribution in [2.45, 2.75) is 47.2 Å². The van der Waals surface area contributed by atoms with E-state index in [0.717, 1.165) is 31.7 Å². The Morgan fingerprint density at radius 1 is 1.10 bits per heavy atom. The maximum Gasteiger partial charge on any atom is 0.0665 e. The lowest BCUT2D eigenvalue weighted by Gasteiger charge is -2.11. The Morgan fingerprint density at radius 3 is 2.40 bits per heavy atom. The molecule has 3 heteroatoms. The molecule has 108 valence electrons. The van der Waals surface area contributed by atoms with Gasteiger partial charge < -0.3 is 5.32 Å². The van der Waals surface area contributed by atoms with Gasteiger partial charge in [-0.3, -0.25) is 4.68 Å². The highest BCUT2D eigenvalue weighted by Crippen LogP contribution is 2.17. The largest absolute Gasteiger partial charge is 0.313 e. The lowest BCUT2D eigenvalue weighted by molar-refractivity contribution is 0.644. The Bertz CT molecular complexity index is 570. The Hall–Kier alpha value is -1.61. The van der Waals surface area contributed by atoms with Gasteiger partial charge in [0.1, 0.15) is 0 Å². The third-order valence-corrected chi connectivity index (χ3v) is 3.89. The van der Waals surface area contributed by atoms with Gasteiger partial charge in [-0.15, -0.1) is 0 Å². The van der Waals surface area contributed by atoms with Crippen LogP contribution in [0.3, 0.4) is 0 Å². The molecule has 1 N–H and O–H groups in total. The molecule has 0 aliphatic rings. The second kappa shape index (κ2) is 6.71. The Labute approximate surface area is 122 Å². The first-order valence-corrected chi connectivity index (χ1v) is 7.47. The van der Waals surface area contributed by atoms with E-state index in [2.05, 4.69) is 62.0 Å². The van der Waals surface area contributed by atoms with E-state index < -0.39 is 0 Å². The second-order valence-corrected chi connectivity index (χ2v) is 5.21. The Balaban J connectivity index is 2.26. The molecule has 0 aliphatic carbocycles. The third kappa shape index (κ3) is 3.10. The molecular weight excluding hydrogens is 246 g/mol. The number of aryl methyl sites for hydroxylation is 1. The maximum atomic E-state index is 4.69. The second-order valence-electron chi connectivity index (χ2n) is 5.21. The molecule has 1 heterocycles. The lowest BCUT2D eigenvalue weighted by atomic mass is 10.1. The predicted molar refractivity (Wildman–Crippen MR) is 84.0 cm³/mol. The van der Waals surface area contributed by atoms with Crippen LogP contribution < -0.4 is 5.32 Å². The van der Waals surface area contributed by atoms with Gasteiger partial charge in [0.15, 0.2) is 0 Å². The molecule has 2 aromatic rings. The molecule has 0 saturated carbocycles. The summed E-state index contributed by atoms with van der Waals surface area (Å²) in [6.45, 7) is 11.4. The Morgan fingerprint density at radius 2 is 1.80 bits per heavy atom. The van der Waals surface area contributed by atoms with Gasteiger partial charge in [0.2, 0.25) is 0 Å². The van der Waals surface area contributed by atoms with Crippen LogP contribution in [-0.2, 0) is 19.5 Å². The fourth-order valence-corrected chi connectivity index (χ4v) is 2.70. The number of aromatic nitrogens is 2. The highest BCUT2D eigenvalue weighted by atomic mass is 15.3. The number of hydrogen-bond acceptors (Lipinski definition) is 2. The van der Waals surface area contributed by atoms with Crippen molar-refractivity contribution in [3.63, 3.8) is 0 Å². The molecule has 0 amide bonds. The monoisotopic (exact) mass is 271 g/mol. The molecule has 1 aromatic carbocycles. The van der Waals surface area contributed by atoms with Crippen LogP contribution in [0.5, 0.6) is 0 Å². The molecule has 0 unspecified atom stereocenters. The highest BCUT2D eigenvalue weighted by molar-refractivity contribution is 5.29. The summed E-state index contributed by atoms with van der Waals surface area (Å²) in [6.07, 6.45) is 1.05. The van der Waals surface area contributed by atoms with Crippen LogP contribution in [0.15, 0.2) is 24.3 Å². The van der Waals surface area contributed by atoms with Gasteiger partial charge in [0, 0.05) is 12.2 Å². The van der Waals surface area contributed by atoms with Crippen LogP contribution in [0.4, 0.5) is 0 Å². The molecule has 0 radical (unpaired) electrons. The van der Waals surface area contributed by atoms with Gasteiger partial charge in [-0.25, -0.2) is 0 Å². The fourth-order valence-electron chi connectivity index (χ4n) is 2.70. The molecule has 0 bridgehead atoms. The van der Waals surface area contributed by atoms with Crippen molar-refractivity contribution in [1.29, 1.82) is 0 Å². The lowest BCUT2D eigenvalue weighted by Crippen LogP contribution is -2.15. The first-order valence-electron chi connectivity index (χ1n) is 7.47. The minimum absolute atomic E-state index is 0.855. The zero-order valence-electron chi connectivity index (χ0n) is 13.0. The van der Waals surface area contributed by atoms with E-state index in [0.29, 0.717) is 0 Å². The van der Waals surface area contributed by atoms with Crippen molar-refractivity contribution < 1.29 is 0 Å². The summed E-state index contributed by atoms with van der Waals surface area (Å²) in [5.41, 5.74) is 6.55. The van der Waals surface area contributed by atoms with E-state index in [1.54, 1.807) is 0 Å². The van der Waals surface area contributed by atoms with Crippen molar-refractivity contribution in [3.05, 3.63) is 52.3 Å². The smallest absolute Gasteiger partial charge is 0.0665 e. The molecule has 0 fully saturated rings. The number of benzene rings is 1. The van der Waals surface area contributed by atoms with E-state index in [4.69, 9.17) is 5.10 Å². The van der Waals surface area contributed by atoms with Crippen LogP contribution in [0.1, 0.15) is 41.9 Å². The van der Waals surface area contributed by atoms with E-state index in [-0.39, 0.29) is 0 Å². The first-order chi connectivity index (χ1) is 9.67. The third-order valence-electron chi connectivity index (χ3n) is 3.89. The molecule has 0 aliphatic heterocycles. The van der Waals surface area contributed by atoms with Gasteiger partial charge in [0.05, 0.1) is 12.2 Å². The van der Waals surface area contributed by atoms with Crippen LogP contribution in [-0.4, -0.2) is 16.3 Å². The minimum Gasteiger partial charge on any atom is -0.313 e. The molecule has 3 nitrogen and oxygen atoms in total. The summed E-state index contributed by atoms with van der Waals surface area (Å²) < 4.78 is 2.14. The fraction of sp³-hybridized carbons (Fsp3) is 0.471. The number of nitrogens with one attached hydrogen (secondary N) is 1. The van der Waals surface area contributed by atoms with E-state index in [1.165, 1.54) is 22.4 Å². The van der Waals surface area contributed by atoms with Crippen molar-refractivity contribution in [2.75, 3.05) is 6.54 Å². The standard InChI is InChI=1S/C17H25N3/c1-5-17-13(3)19-20(14(17)4)12-16-10-8-7-9-15(16)11-18-6-2/h7-10,18H,5-6,11-12H2,1-4H3. The van der Waals surface area contributed by atoms with Gasteiger partial charge in [-0.05, 0) is 43.5 Å². The summed E-state index contributed by atoms with van der Waals surface area (Å²) >= 11 is 0. The van der Waals surface area contributed by atoms with Crippen LogP contribution in [0, 0.1) is 13.8 Å². The molecular formula is C17H25N3. The molecule has 2 rings (SSSR count). The number of hydrogen-bond donors (Lipinski definition) is 1. The average molecular weight is 271 g/mol. The van der Waals surface area contributed by atoms with Crippen LogP contribution in [0.2, 0.25) is 0 Å². The van der Waals surface area contributed by atoms with Gasteiger partial charge in [-0.2, -0.15) is 5.10 Å². The van der Waals surface area contributed by atoms with Crippen molar-refractivity contribution >= 4 is 0 Å².